The van der Waals surface area contributed by atoms with Gasteiger partial charge in [0.05, 0.1) is 16.9 Å². The lowest BCUT2D eigenvalue weighted by Crippen LogP contribution is -2.21. The van der Waals surface area contributed by atoms with E-state index in [1.54, 1.807) is 29.1 Å². The van der Waals surface area contributed by atoms with Crippen molar-refractivity contribution in [3.63, 3.8) is 0 Å². The Balaban J connectivity index is 2.28. The second-order valence-corrected chi connectivity index (χ2v) is 7.67. The zero-order valence-electron chi connectivity index (χ0n) is 17.7. The maximum atomic E-state index is 12.5. The summed E-state index contributed by atoms with van der Waals surface area (Å²) in [5.74, 6) is 0.258. The smallest absolute Gasteiger partial charge is 0.271 e. The van der Waals surface area contributed by atoms with Crippen LogP contribution < -0.4 is 21.5 Å². The summed E-state index contributed by atoms with van der Waals surface area (Å²) in [6.45, 7) is 8.55. The maximum Gasteiger partial charge on any atom is 0.271 e. The van der Waals surface area contributed by atoms with Crippen molar-refractivity contribution in [3.05, 3.63) is 42.2 Å². The topological polar surface area (TPSA) is 121 Å². The zero-order chi connectivity index (χ0) is 21.6. The Labute approximate surface area is 171 Å². The Bertz CT molecular complexity index is 921. The lowest BCUT2D eigenvalue weighted by molar-refractivity contribution is -0.112. The molecule has 0 saturated heterocycles. The van der Waals surface area contributed by atoms with Gasteiger partial charge in [-0.15, -0.1) is 0 Å². The van der Waals surface area contributed by atoms with Gasteiger partial charge >= 0.3 is 0 Å². The minimum atomic E-state index is -0.403. The largest absolute Gasteiger partial charge is 0.492 e. The van der Waals surface area contributed by atoms with Crippen molar-refractivity contribution in [2.45, 2.75) is 33.2 Å². The third-order valence-corrected chi connectivity index (χ3v) is 3.85. The van der Waals surface area contributed by atoms with Gasteiger partial charge in [-0.05, 0) is 58.0 Å². The SMILES string of the molecule is CC(C=C(N)C(=O)Nc1ccc(OCCN)c(-c2ccnn2C)c1)=NC(C)(C)C. The second kappa shape index (κ2) is 9.38. The molecule has 1 amide bonds. The van der Waals surface area contributed by atoms with Crippen molar-refractivity contribution in [2.24, 2.45) is 23.5 Å². The quantitative estimate of drug-likeness (QED) is 0.489. The standard InChI is InChI=1S/C21H30N6O2/c1-14(26-21(2,3)4)12-17(23)20(28)25-15-6-7-19(29-11-9-22)16(13-15)18-8-10-24-27(18)5/h6-8,10,12-13H,9,11,22-23H2,1-5H3,(H,25,28). The van der Waals surface area contributed by atoms with E-state index in [4.69, 9.17) is 16.2 Å². The van der Waals surface area contributed by atoms with Crippen molar-refractivity contribution in [1.82, 2.24) is 9.78 Å². The fourth-order valence-electron chi connectivity index (χ4n) is 2.80. The van der Waals surface area contributed by atoms with Gasteiger partial charge in [0.2, 0.25) is 0 Å². The van der Waals surface area contributed by atoms with Crippen LogP contribution in [0.2, 0.25) is 0 Å². The van der Waals surface area contributed by atoms with E-state index in [0.29, 0.717) is 30.3 Å². The highest BCUT2D eigenvalue weighted by Gasteiger charge is 2.14. The zero-order valence-corrected chi connectivity index (χ0v) is 17.7. The van der Waals surface area contributed by atoms with E-state index < -0.39 is 5.91 Å². The number of nitrogens with one attached hydrogen (secondary N) is 1. The number of nitrogens with zero attached hydrogens (tertiary/aromatic N) is 3. The number of nitrogens with two attached hydrogens (primary N) is 2. The summed E-state index contributed by atoms with van der Waals surface area (Å²) in [5.41, 5.74) is 14.3. The van der Waals surface area contributed by atoms with Gasteiger partial charge in [-0.3, -0.25) is 14.5 Å². The van der Waals surface area contributed by atoms with Crippen LogP contribution in [0, 0.1) is 0 Å². The molecule has 29 heavy (non-hydrogen) atoms. The predicted octanol–water partition coefficient (Wildman–Crippen LogP) is 2.47. The van der Waals surface area contributed by atoms with Crippen molar-refractivity contribution in [1.29, 1.82) is 0 Å². The third-order valence-electron chi connectivity index (χ3n) is 3.85. The summed E-state index contributed by atoms with van der Waals surface area (Å²) in [6.07, 6.45) is 3.27. The van der Waals surface area contributed by atoms with Crippen molar-refractivity contribution in [3.8, 4) is 17.0 Å². The van der Waals surface area contributed by atoms with E-state index in [1.165, 1.54) is 0 Å². The minimum absolute atomic E-state index is 0.0843. The normalized spacial score (nSPS) is 12.8. The number of benzene rings is 1. The number of carbonyl (C=O) groups excluding carboxylic acids is 1. The van der Waals surface area contributed by atoms with E-state index in [0.717, 1.165) is 11.3 Å². The van der Waals surface area contributed by atoms with Gasteiger partial charge in [-0.2, -0.15) is 5.10 Å². The molecule has 2 aromatic rings. The molecule has 0 atom stereocenters. The van der Waals surface area contributed by atoms with Crippen LogP contribution in [0.5, 0.6) is 5.75 Å². The molecular weight excluding hydrogens is 368 g/mol. The number of amides is 1. The number of carbonyl (C=O) groups is 1. The summed E-state index contributed by atoms with van der Waals surface area (Å²) in [6, 6.07) is 7.24. The molecule has 0 aliphatic heterocycles. The fraction of sp³-hybridized carbons (Fsp3) is 0.381. The number of aromatic nitrogens is 2. The van der Waals surface area contributed by atoms with E-state index in [1.807, 2.05) is 46.9 Å². The van der Waals surface area contributed by atoms with Crippen LogP contribution >= 0.6 is 0 Å². The van der Waals surface area contributed by atoms with Crippen molar-refractivity contribution >= 4 is 17.3 Å². The Morgan fingerprint density at radius 3 is 2.66 bits per heavy atom. The Hall–Kier alpha value is -3.13. The fourth-order valence-corrected chi connectivity index (χ4v) is 2.80. The van der Waals surface area contributed by atoms with Crippen LogP contribution in [0.15, 0.2) is 47.2 Å². The van der Waals surface area contributed by atoms with Crippen LogP contribution in [0.3, 0.4) is 0 Å². The second-order valence-electron chi connectivity index (χ2n) is 7.67. The molecule has 0 fully saturated rings. The number of rotatable bonds is 7. The van der Waals surface area contributed by atoms with Crippen LogP contribution in [0.4, 0.5) is 5.69 Å². The Morgan fingerprint density at radius 1 is 1.34 bits per heavy atom. The highest BCUT2D eigenvalue weighted by molar-refractivity contribution is 6.08. The first kappa shape index (κ1) is 22.2. The Morgan fingerprint density at radius 2 is 2.07 bits per heavy atom. The number of aryl methyl sites for hydroxylation is 1. The molecule has 8 nitrogen and oxygen atoms in total. The van der Waals surface area contributed by atoms with Gasteiger partial charge in [0.25, 0.3) is 5.91 Å². The highest BCUT2D eigenvalue weighted by Crippen LogP contribution is 2.32. The number of anilines is 1. The molecule has 5 N–H and O–H groups in total. The molecule has 1 heterocycles. The van der Waals surface area contributed by atoms with E-state index >= 15 is 0 Å². The lowest BCUT2D eigenvalue weighted by atomic mass is 10.1. The first-order valence-corrected chi connectivity index (χ1v) is 9.41. The summed E-state index contributed by atoms with van der Waals surface area (Å²) in [7, 11) is 1.84. The van der Waals surface area contributed by atoms with Gasteiger partial charge in [0, 0.05) is 36.8 Å². The van der Waals surface area contributed by atoms with Gasteiger partial charge in [0.1, 0.15) is 12.4 Å². The first-order valence-electron chi connectivity index (χ1n) is 9.41. The summed E-state index contributed by atoms with van der Waals surface area (Å²) >= 11 is 0. The van der Waals surface area contributed by atoms with E-state index in [9.17, 15) is 4.79 Å². The van der Waals surface area contributed by atoms with Gasteiger partial charge in [-0.1, -0.05) is 0 Å². The van der Waals surface area contributed by atoms with Crippen LogP contribution in [-0.4, -0.2) is 40.1 Å². The monoisotopic (exact) mass is 398 g/mol. The highest BCUT2D eigenvalue weighted by atomic mass is 16.5. The molecule has 0 saturated carbocycles. The average molecular weight is 399 g/mol. The van der Waals surface area contributed by atoms with Crippen LogP contribution in [0.1, 0.15) is 27.7 Å². The molecule has 8 heteroatoms. The molecule has 0 spiro atoms. The summed E-state index contributed by atoms with van der Waals surface area (Å²) < 4.78 is 7.47. The maximum absolute atomic E-state index is 12.5. The minimum Gasteiger partial charge on any atom is -0.492 e. The number of hydrogen-bond acceptors (Lipinski definition) is 6. The van der Waals surface area contributed by atoms with Gasteiger partial charge in [-0.25, -0.2) is 0 Å². The number of hydrogen-bond donors (Lipinski definition) is 3. The molecule has 2 rings (SSSR count). The molecular formula is C21H30N6O2. The van der Waals surface area contributed by atoms with Gasteiger partial charge < -0.3 is 21.5 Å². The molecule has 0 aliphatic rings. The van der Waals surface area contributed by atoms with Crippen LogP contribution in [-0.2, 0) is 11.8 Å². The lowest BCUT2D eigenvalue weighted by Gasteiger charge is -2.14. The van der Waals surface area contributed by atoms with Crippen molar-refractivity contribution < 1.29 is 9.53 Å². The Kier molecular flexibility index (Phi) is 7.17. The number of allylic oxidation sites excluding steroid dienone is 1. The molecule has 156 valence electrons. The molecule has 1 aromatic heterocycles. The average Bonchev–Trinajstić information content (AvgIpc) is 3.04. The molecule has 1 aromatic carbocycles. The van der Waals surface area contributed by atoms with Crippen LogP contribution in [0.25, 0.3) is 11.3 Å². The number of aliphatic imine (C=N–C) groups is 1. The third kappa shape index (κ3) is 6.46. The summed E-state index contributed by atoms with van der Waals surface area (Å²) in [5, 5.41) is 7.02. The van der Waals surface area contributed by atoms with E-state index in [-0.39, 0.29) is 11.2 Å². The molecule has 0 unspecified atom stereocenters. The van der Waals surface area contributed by atoms with Crippen molar-refractivity contribution in [2.75, 3.05) is 18.5 Å². The van der Waals surface area contributed by atoms with Gasteiger partial charge in [0.15, 0.2) is 0 Å². The molecule has 0 aliphatic carbocycles. The molecule has 0 radical (unpaired) electrons. The van der Waals surface area contributed by atoms with E-state index in [2.05, 4.69) is 15.4 Å². The first-order chi connectivity index (χ1) is 13.6. The number of ether oxygens (including phenoxy) is 1. The summed E-state index contributed by atoms with van der Waals surface area (Å²) in [4.78, 5) is 17.0. The molecule has 0 bridgehead atoms. The predicted molar refractivity (Wildman–Crippen MR) is 117 cm³/mol.